The van der Waals surface area contributed by atoms with Crippen molar-refractivity contribution in [3.63, 3.8) is 0 Å². The average molecular weight is 714 g/mol. The van der Waals surface area contributed by atoms with Crippen molar-refractivity contribution in [3.05, 3.63) is 0 Å². The Labute approximate surface area is 300 Å². The second kappa shape index (κ2) is 15.1. The summed E-state index contributed by atoms with van der Waals surface area (Å²) in [5, 5.41) is 22.5. The van der Waals surface area contributed by atoms with Crippen LogP contribution in [0.1, 0.15) is 101 Å². The lowest BCUT2D eigenvalue weighted by Gasteiger charge is -2.48. The van der Waals surface area contributed by atoms with Crippen molar-refractivity contribution < 1.29 is 52.9 Å². The lowest BCUT2D eigenvalue weighted by Crippen LogP contribution is -2.60. The number of carbonyl (C=O) groups excluding carboxylic acids is 1. The van der Waals surface area contributed by atoms with Crippen LogP contribution in [0.2, 0.25) is 0 Å². The molecule has 5 fully saturated rings. The van der Waals surface area contributed by atoms with Gasteiger partial charge in [-0.1, -0.05) is 34.1 Å². The monoisotopic (exact) mass is 713 g/mol. The van der Waals surface area contributed by atoms with Crippen molar-refractivity contribution >= 4 is 5.97 Å². The molecule has 0 radical (unpaired) electrons. The highest BCUT2D eigenvalue weighted by atomic mass is 16.7. The number of aliphatic hydroxyl groups is 2. The highest BCUT2D eigenvalue weighted by molar-refractivity contribution is 5.73. The first-order valence-corrected chi connectivity index (χ1v) is 19.1. The van der Waals surface area contributed by atoms with Crippen molar-refractivity contribution in [1.29, 1.82) is 0 Å². The summed E-state index contributed by atoms with van der Waals surface area (Å²) >= 11 is 0. The fraction of sp³-hybridized carbons (Fsp3) is 0.974. The van der Waals surface area contributed by atoms with Crippen molar-refractivity contribution in [2.24, 2.45) is 23.7 Å². The molecule has 19 atom stereocenters. The maximum Gasteiger partial charge on any atom is 0.311 e. The molecule has 5 aliphatic heterocycles. The third kappa shape index (κ3) is 7.54. The predicted molar refractivity (Wildman–Crippen MR) is 185 cm³/mol. The van der Waals surface area contributed by atoms with E-state index in [-0.39, 0.29) is 42.6 Å². The number of methoxy groups -OCH3 is 1. The van der Waals surface area contributed by atoms with Gasteiger partial charge in [0.25, 0.3) is 0 Å². The van der Waals surface area contributed by atoms with Crippen molar-refractivity contribution in [3.8, 4) is 0 Å². The number of hydrogen-bond acceptors (Lipinski definition) is 12. The predicted octanol–water partition coefficient (Wildman–Crippen LogP) is 4.06. The number of cyclic esters (lactones) is 1. The van der Waals surface area contributed by atoms with Gasteiger partial charge in [0, 0.05) is 31.4 Å². The van der Waals surface area contributed by atoms with E-state index in [4.69, 9.17) is 37.9 Å². The lowest BCUT2D eigenvalue weighted by atomic mass is 9.77. The zero-order valence-electron chi connectivity index (χ0n) is 32.8. The first-order valence-electron chi connectivity index (χ1n) is 19.1. The maximum absolute atomic E-state index is 14.4. The molecule has 5 rings (SSSR count). The molecule has 2 bridgehead atoms. The normalized spacial score (nSPS) is 53.2. The fourth-order valence-corrected chi connectivity index (χ4v) is 9.72. The van der Waals surface area contributed by atoms with Crippen molar-refractivity contribution in [2.75, 3.05) is 21.2 Å². The fourth-order valence-electron chi connectivity index (χ4n) is 9.72. The smallest absolute Gasteiger partial charge is 0.311 e. The van der Waals surface area contributed by atoms with Crippen LogP contribution in [0.25, 0.3) is 0 Å². The van der Waals surface area contributed by atoms with E-state index in [0.717, 1.165) is 12.8 Å². The minimum Gasteiger partial charge on any atom is -0.459 e. The second-order valence-corrected chi connectivity index (χ2v) is 17.2. The van der Waals surface area contributed by atoms with E-state index in [2.05, 4.69) is 27.7 Å². The second-order valence-electron chi connectivity index (χ2n) is 17.2. The molecule has 0 aromatic rings. The lowest BCUT2D eigenvalue weighted by molar-refractivity contribution is -0.318. The molecule has 0 aromatic carbocycles. The van der Waals surface area contributed by atoms with Crippen LogP contribution in [0.15, 0.2) is 0 Å². The van der Waals surface area contributed by atoms with E-state index in [1.165, 1.54) is 0 Å². The Bertz CT molecular complexity index is 1180. The van der Waals surface area contributed by atoms with Crippen LogP contribution in [0.5, 0.6) is 0 Å². The highest BCUT2D eigenvalue weighted by Gasteiger charge is 2.64. The number of carbonyl (C=O) groups is 1. The minimum atomic E-state index is -0.932. The molecule has 0 saturated carbocycles. The Kier molecular flexibility index (Phi) is 12.1. The van der Waals surface area contributed by atoms with Crippen LogP contribution >= 0.6 is 0 Å². The van der Waals surface area contributed by atoms with E-state index in [1.807, 2.05) is 53.6 Å². The largest absolute Gasteiger partial charge is 0.459 e. The summed E-state index contributed by atoms with van der Waals surface area (Å²) in [4.78, 5) is 16.4. The van der Waals surface area contributed by atoms with Crippen molar-refractivity contribution in [2.45, 2.75) is 192 Å². The van der Waals surface area contributed by atoms with Crippen LogP contribution in [-0.4, -0.2) is 133 Å². The molecule has 0 amide bonds. The molecule has 50 heavy (non-hydrogen) atoms. The van der Waals surface area contributed by atoms with Crippen LogP contribution in [-0.2, 0) is 42.7 Å². The summed E-state index contributed by atoms with van der Waals surface area (Å²) in [6.45, 7) is 20.0. The van der Waals surface area contributed by atoms with Crippen LogP contribution in [0.3, 0.4) is 0 Å². The molecule has 5 heterocycles. The van der Waals surface area contributed by atoms with Crippen molar-refractivity contribution in [1.82, 2.24) is 4.90 Å². The molecule has 8 unspecified atom stereocenters. The molecular formula is C38H67NO11. The van der Waals surface area contributed by atoms with Gasteiger partial charge in [-0.2, -0.15) is 0 Å². The Hall–Kier alpha value is -0.930. The molecule has 5 saturated heterocycles. The first-order chi connectivity index (χ1) is 23.3. The number of ether oxygens (including phenoxy) is 8. The van der Waals surface area contributed by atoms with Gasteiger partial charge in [0.2, 0.25) is 0 Å². The van der Waals surface area contributed by atoms with Gasteiger partial charge in [0.15, 0.2) is 12.6 Å². The van der Waals surface area contributed by atoms with E-state index in [9.17, 15) is 15.0 Å². The zero-order chi connectivity index (χ0) is 37.1. The summed E-state index contributed by atoms with van der Waals surface area (Å²) in [5.41, 5.74) is -2.39. The molecule has 5 aliphatic rings. The summed E-state index contributed by atoms with van der Waals surface area (Å²) in [6.07, 6.45) is -3.04. The minimum absolute atomic E-state index is 0.00910. The number of rotatable bonds is 9. The third-order valence-electron chi connectivity index (χ3n) is 12.8. The number of esters is 1. The Morgan fingerprint density at radius 3 is 2.24 bits per heavy atom. The third-order valence-corrected chi connectivity index (χ3v) is 12.8. The van der Waals surface area contributed by atoms with Gasteiger partial charge in [0.1, 0.15) is 23.9 Å². The number of epoxide rings is 1. The molecule has 2 N–H and O–H groups in total. The van der Waals surface area contributed by atoms with Gasteiger partial charge >= 0.3 is 5.97 Å². The molecule has 0 aromatic heterocycles. The number of nitrogens with zero attached hydrogens (tertiary/aromatic N) is 1. The SMILES string of the molecule is CCC[C@@H]1O[C@]1(C)[C@@H]1OC(=O)[C@H](C)[C@@H](OC2CC(C)(OC)C(O)C(C)O2)[C@H](C)[C@@H](OC2OC(C)CC(N(C)C)C2O)[C@]2(C)C[C@@H](C)[C@@H](O2)[C@@H]1C. The number of fused-ring (bicyclic) bond motifs is 2. The molecule has 0 spiro atoms. The number of aliphatic hydroxyl groups excluding tert-OH is 2. The average Bonchev–Trinajstić information content (AvgIpc) is 3.60. The van der Waals surface area contributed by atoms with Crippen LogP contribution in [0, 0.1) is 23.7 Å². The number of hydrogen-bond donors (Lipinski definition) is 2. The summed E-state index contributed by atoms with van der Waals surface area (Å²) < 4.78 is 52.1. The zero-order valence-corrected chi connectivity index (χ0v) is 32.8. The van der Waals surface area contributed by atoms with E-state index in [1.54, 1.807) is 14.0 Å². The standard InChI is InChI=1S/C38H67NO11/c1-14-15-26-38(10,49-26)33-21(4)29-19(2)17-37(9,50-29)32(48-35-28(40)25(39(11)12)16-20(3)44-35)22(5)30(23(6)34(42)47-33)46-27-18-36(8,43-13)31(41)24(7)45-27/h19-33,35,40-41H,14-18H2,1-13H3/t19-,20?,21+,22+,23-,24?,25?,26+,27?,28?,29-,30+,31?,32-,33-,35?,36?,37+,38+/m1/s1. The summed E-state index contributed by atoms with van der Waals surface area (Å²) in [6, 6.07) is -0.168. The van der Waals surface area contributed by atoms with Gasteiger partial charge in [-0.3, -0.25) is 4.79 Å². The summed E-state index contributed by atoms with van der Waals surface area (Å²) in [5.74, 6) is -1.68. The van der Waals surface area contributed by atoms with Gasteiger partial charge in [-0.15, -0.1) is 0 Å². The topological polar surface area (TPSA) is 138 Å². The molecule has 0 aliphatic carbocycles. The maximum atomic E-state index is 14.4. The van der Waals surface area contributed by atoms with Gasteiger partial charge in [0.05, 0.1) is 53.7 Å². The van der Waals surface area contributed by atoms with Crippen LogP contribution in [0.4, 0.5) is 0 Å². The Balaban J connectivity index is 1.56. The van der Waals surface area contributed by atoms with E-state index < -0.39 is 83.8 Å². The number of likely N-dealkylation sites (N-methyl/N-ethyl adjacent to an activating group) is 1. The molecule has 290 valence electrons. The van der Waals surface area contributed by atoms with Crippen LogP contribution < -0.4 is 0 Å². The summed E-state index contributed by atoms with van der Waals surface area (Å²) in [7, 11) is 5.47. The Morgan fingerprint density at radius 2 is 1.62 bits per heavy atom. The first kappa shape index (κ1) is 40.3. The Morgan fingerprint density at radius 1 is 0.940 bits per heavy atom. The van der Waals surface area contributed by atoms with E-state index in [0.29, 0.717) is 12.8 Å². The quantitative estimate of drug-likeness (QED) is 0.263. The molecule has 12 heteroatoms. The molecular weight excluding hydrogens is 646 g/mol. The highest BCUT2D eigenvalue weighted by Crippen LogP contribution is 2.52. The van der Waals surface area contributed by atoms with Gasteiger partial charge < -0.3 is 53.0 Å². The van der Waals surface area contributed by atoms with Gasteiger partial charge in [-0.05, 0) is 80.8 Å². The molecule has 12 nitrogen and oxygen atoms in total. The van der Waals surface area contributed by atoms with E-state index >= 15 is 0 Å². The van der Waals surface area contributed by atoms with Gasteiger partial charge in [-0.25, -0.2) is 0 Å².